The molecule has 1 aliphatic rings. The third kappa shape index (κ3) is 0.322. The van der Waals surface area contributed by atoms with Crippen molar-refractivity contribution in [3.63, 3.8) is 0 Å². The molecule has 0 radical (unpaired) electrons. The minimum atomic E-state index is -0.815. The monoisotopic (exact) mass is 90.1 g/mol. The molecule has 1 aliphatic heterocycles. The molecule has 0 aromatic heterocycles. The maximum atomic E-state index is 11.8. The molecule has 0 N–H and O–H groups in total. The Morgan fingerprint density at radius 3 is 1.50 bits per heavy atom. The molecule has 6 heavy (non-hydrogen) atoms. The van der Waals surface area contributed by atoms with Crippen LogP contribution in [0.1, 0.15) is 0 Å². The molecule has 2 unspecified atom stereocenters. The maximum Gasteiger partial charge on any atom is 0.235 e. The number of rotatable bonds is 0. The first-order valence-electron chi connectivity index (χ1n) is 1.83. The smallest absolute Gasteiger partial charge is 0.209 e. The minimum absolute atomic E-state index is 0.815. The van der Waals surface area contributed by atoms with Crippen molar-refractivity contribution in [2.75, 3.05) is 14.1 Å². The molecule has 0 spiro atoms. The average molecular weight is 90.1 g/mol. The number of alkyl halides is 1. The van der Waals surface area contributed by atoms with E-state index in [1.807, 2.05) is 0 Å². The first-order valence-corrected chi connectivity index (χ1v) is 1.83. The van der Waals surface area contributed by atoms with Crippen molar-refractivity contribution in [2.45, 2.75) is 6.42 Å². The van der Waals surface area contributed by atoms with Gasteiger partial charge in [0.1, 0.15) is 0 Å². The Balaban J connectivity index is 2.31. The van der Waals surface area contributed by atoms with Crippen molar-refractivity contribution in [1.29, 1.82) is 0 Å². The van der Waals surface area contributed by atoms with Crippen LogP contribution in [0.15, 0.2) is 0 Å². The fourth-order valence-electron chi connectivity index (χ4n) is 0.331. The molecule has 36 valence electrons. The Hall–Kier alpha value is -0.150. The molecule has 0 amide bonds. The molecule has 0 aromatic carbocycles. The van der Waals surface area contributed by atoms with Crippen LogP contribution >= 0.6 is 0 Å². The van der Waals surface area contributed by atoms with Crippen molar-refractivity contribution < 1.29 is 4.39 Å². The van der Waals surface area contributed by atoms with Gasteiger partial charge in [-0.05, 0) is 0 Å². The molecule has 1 heterocycles. The van der Waals surface area contributed by atoms with Gasteiger partial charge < -0.3 is 0 Å². The van der Waals surface area contributed by atoms with E-state index in [1.54, 1.807) is 14.1 Å². The molecular formula is C3H7FN2. The SMILES string of the molecule is CN1C(F)N1C. The molecule has 0 saturated carbocycles. The molecule has 2 atom stereocenters. The van der Waals surface area contributed by atoms with Crippen LogP contribution in [0, 0.1) is 0 Å². The van der Waals surface area contributed by atoms with Crippen molar-refractivity contribution in [1.82, 2.24) is 10.0 Å². The lowest BCUT2D eigenvalue weighted by Crippen LogP contribution is -1.91. The lowest BCUT2D eigenvalue weighted by molar-refractivity contribution is 0.379. The molecule has 1 rings (SSSR count). The highest BCUT2D eigenvalue weighted by Crippen LogP contribution is 2.19. The van der Waals surface area contributed by atoms with E-state index >= 15 is 0 Å². The van der Waals surface area contributed by atoms with E-state index in [9.17, 15) is 4.39 Å². The molecule has 1 saturated heterocycles. The van der Waals surface area contributed by atoms with Gasteiger partial charge in [0.15, 0.2) is 0 Å². The fourth-order valence-corrected chi connectivity index (χ4v) is 0.331. The Morgan fingerprint density at radius 1 is 1.33 bits per heavy atom. The highest BCUT2D eigenvalue weighted by Gasteiger charge is 2.37. The third-order valence-electron chi connectivity index (χ3n) is 1.06. The summed E-state index contributed by atoms with van der Waals surface area (Å²) in [6.07, 6.45) is -0.815. The fraction of sp³-hybridized carbons (Fsp3) is 1.00. The molecular weight excluding hydrogens is 83.0 g/mol. The van der Waals surface area contributed by atoms with Crippen molar-refractivity contribution >= 4 is 0 Å². The van der Waals surface area contributed by atoms with Gasteiger partial charge in [0, 0.05) is 14.1 Å². The molecule has 0 aliphatic carbocycles. The maximum absolute atomic E-state index is 11.8. The van der Waals surface area contributed by atoms with Gasteiger partial charge in [-0.3, -0.25) is 0 Å². The van der Waals surface area contributed by atoms with Crippen LogP contribution in [0.5, 0.6) is 0 Å². The summed E-state index contributed by atoms with van der Waals surface area (Å²) in [4.78, 5) is 0. The summed E-state index contributed by atoms with van der Waals surface area (Å²) >= 11 is 0. The Bertz CT molecular complexity index is 45.5. The highest BCUT2D eigenvalue weighted by atomic mass is 19.1. The summed E-state index contributed by atoms with van der Waals surface area (Å²) in [6, 6.07) is 0. The summed E-state index contributed by atoms with van der Waals surface area (Å²) in [5, 5.41) is 3.00. The van der Waals surface area contributed by atoms with Gasteiger partial charge in [-0.25, -0.2) is 4.39 Å². The summed E-state index contributed by atoms with van der Waals surface area (Å²) in [5.41, 5.74) is 0. The zero-order valence-corrected chi connectivity index (χ0v) is 3.85. The topological polar surface area (TPSA) is 6.02 Å². The van der Waals surface area contributed by atoms with Crippen LogP contribution in [0.2, 0.25) is 0 Å². The van der Waals surface area contributed by atoms with Gasteiger partial charge in [-0.15, -0.1) is 0 Å². The van der Waals surface area contributed by atoms with Crippen LogP contribution < -0.4 is 0 Å². The van der Waals surface area contributed by atoms with Gasteiger partial charge in [-0.1, -0.05) is 0 Å². The van der Waals surface area contributed by atoms with Gasteiger partial charge in [0.05, 0.1) is 0 Å². The van der Waals surface area contributed by atoms with Gasteiger partial charge in [0.25, 0.3) is 0 Å². The van der Waals surface area contributed by atoms with Crippen molar-refractivity contribution in [2.24, 2.45) is 0 Å². The van der Waals surface area contributed by atoms with E-state index in [-0.39, 0.29) is 0 Å². The summed E-state index contributed by atoms with van der Waals surface area (Å²) in [7, 11) is 3.40. The lowest BCUT2D eigenvalue weighted by Gasteiger charge is -1.76. The Labute approximate surface area is 36.1 Å². The predicted octanol–water partition coefficient (Wildman–Crippen LogP) is 0.0317. The van der Waals surface area contributed by atoms with Gasteiger partial charge in [0.2, 0.25) is 6.42 Å². The Morgan fingerprint density at radius 2 is 1.50 bits per heavy atom. The van der Waals surface area contributed by atoms with Gasteiger partial charge in [-0.2, -0.15) is 10.0 Å². The van der Waals surface area contributed by atoms with Gasteiger partial charge >= 0.3 is 0 Å². The number of nitrogens with zero attached hydrogens (tertiary/aromatic N) is 2. The largest absolute Gasteiger partial charge is 0.235 e. The highest BCUT2D eigenvalue weighted by molar-refractivity contribution is 4.62. The van der Waals surface area contributed by atoms with E-state index in [1.165, 1.54) is 10.0 Å². The van der Waals surface area contributed by atoms with Crippen LogP contribution in [-0.4, -0.2) is 30.5 Å². The summed E-state index contributed by atoms with van der Waals surface area (Å²) in [6.45, 7) is 0. The third-order valence-corrected chi connectivity index (χ3v) is 1.06. The predicted molar refractivity (Wildman–Crippen MR) is 20.4 cm³/mol. The first-order chi connectivity index (χ1) is 2.73. The number of hydrazine groups is 1. The molecule has 3 heteroatoms. The second-order valence-corrected chi connectivity index (χ2v) is 1.46. The minimum Gasteiger partial charge on any atom is -0.209 e. The molecule has 1 fully saturated rings. The van der Waals surface area contributed by atoms with Crippen LogP contribution in [0.4, 0.5) is 4.39 Å². The van der Waals surface area contributed by atoms with Crippen LogP contribution in [0.25, 0.3) is 0 Å². The standard InChI is InChI=1S/C3H7FN2/c1-5-3(4)6(5)2/h3H,1-2H3. The molecule has 0 bridgehead atoms. The van der Waals surface area contributed by atoms with E-state index in [0.717, 1.165) is 0 Å². The second-order valence-electron chi connectivity index (χ2n) is 1.46. The molecule has 2 nitrogen and oxygen atoms in total. The van der Waals surface area contributed by atoms with Crippen LogP contribution in [0.3, 0.4) is 0 Å². The number of hydrogen-bond acceptors (Lipinski definition) is 2. The normalized spacial score (nSPS) is 55.5. The van der Waals surface area contributed by atoms with Crippen molar-refractivity contribution in [3.8, 4) is 0 Å². The van der Waals surface area contributed by atoms with Crippen molar-refractivity contribution in [3.05, 3.63) is 0 Å². The quantitative estimate of drug-likeness (QED) is 0.306. The first kappa shape index (κ1) is 4.02. The lowest BCUT2D eigenvalue weighted by atomic mass is 11.1. The number of halogens is 1. The van der Waals surface area contributed by atoms with E-state index in [0.29, 0.717) is 0 Å². The Kier molecular flexibility index (Phi) is 0.615. The van der Waals surface area contributed by atoms with E-state index in [4.69, 9.17) is 0 Å². The van der Waals surface area contributed by atoms with E-state index < -0.39 is 6.42 Å². The van der Waals surface area contributed by atoms with Crippen LogP contribution in [-0.2, 0) is 0 Å². The number of hydrogen-bond donors (Lipinski definition) is 0. The molecule has 0 aromatic rings. The summed E-state index contributed by atoms with van der Waals surface area (Å²) in [5.74, 6) is 0. The summed E-state index contributed by atoms with van der Waals surface area (Å²) < 4.78 is 11.8. The zero-order valence-electron chi connectivity index (χ0n) is 3.85. The average Bonchev–Trinajstić information content (AvgIpc) is 1.94. The second kappa shape index (κ2) is 0.918. The zero-order chi connectivity index (χ0) is 4.73. The van der Waals surface area contributed by atoms with E-state index in [2.05, 4.69) is 0 Å².